The van der Waals surface area contributed by atoms with Gasteiger partial charge < -0.3 is 9.32 Å². The number of anilines is 1. The van der Waals surface area contributed by atoms with E-state index < -0.39 is 0 Å². The Morgan fingerprint density at radius 3 is 2.75 bits per heavy atom. The molecule has 1 aromatic carbocycles. The van der Waals surface area contributed by atoms with Crippen LogP contribution in [0.1, 0.15) is 33.7 Å². The van der Waals surface area contributed by atoms with Crippen LogP contribution in [0.15, 0.2) is 34.9 Å². The van der Waals surface area contributed by atoms with Crippen LogP contribution in [0.4, 0.5) is 5.69 Å². The third-order valence-electron chi connectivity index (χ3n) is 3.78. The molecule has 3 nitrogen and oxygen atoms in total. The van der Waals surface area contributed by atoms with Gasteiger partial charge in [-0.1, -0.05) is 28.1 Å². The largest absolute Gasteiger partial charge is 0.469 e. The third kappa shape index (κ3) is 2.29. The van der Waals surface area contributed by atoms with Crippen molar-refractivity contribution in [1.82, 2.24) is 0 Å². The van der Waals surface area contributed by atoms with Gasteiger partial charge in [0, 0.05) is 24.7 Å². The first-order chi connectivity index (χ1) is 9.56. The summed E-state index contributed by atoms with van der Waals surface area (Å²) in [5.41, 5.74) is 4.55. The first-order valence-electron chi connectivity index (χ1n) is 6.65. The lowest BCUT2D eigenvalue weighted by Gasteiger charge is -2.26. The van der Waals surface area contributed by atoms with Crippen LogP contribution in [0.25, 0.3) is 0 Å². The molecule has 2 heterocycles. The maximum Gasteiger partial charge on any atom is 0.227 e. The minimum Gasteiger partial charge on any atom is -0.469 e. The van der Waals surface area contributed by atoms with E-state index in [0.717, 1.165) is 23.4 Å². The number of aryl methyl sites for hydroxylation is 2. The molecule has 104 valence electrons. The summed E-state index contributed by atoms with van der Waals surface area (Å²) in [6.07, 6.45) is 3.19. The SMILES string of the molecule is Cc1cc(C(Br)c2ccc3c(c2)CCC(=O)N3C)co1. The van der Waals surface area contributed by atoms with Gasteiger partial charge in [0.15, 0.2) is 0 Å². The molecule has 0 radical (unpaired) electrons. The minimum atomic E-state index is 0.119. The molecule has 1 aromatic heterocycles. The number of fused-ring (bicyclic) bond motifs is 1. The van der Waals surface area contributed by atoms with E-state index in [1.165, 1.54) is 11.1 Å². The quantitative estimate of drug-likeness (QED) is 0.779. The summed E-state index contributed by atoms with van der Waals surface area (Å²) in [4.78, 5) is 13.6. The second kappa shape index (κ2) is 5.09. The molecular formula is C16H16BrNO2. The van der Waals surface area contributed by atoms with Gasteiger partial charge in [0.1, 0.15) is 5.76 Å². The van der Waals surface area contributed by atoms with E-state index in [1.54, 1.807) is 11.2 Å². The van der Waals surface area contributed by atoms with Crippen LogP contribution in [0, 0.1) is 6.92 Å². The highest BCUT2D eigenvalue weighted by molar-refractivity contribution is 9.09. The fourth-order valence-electron chi connectivity index (χ4n) is 2.62. The number of carbonyl (C=O) groups is 1. The maximum absolute atomic E-state index is 11.7. The lowest BCUT2D eigenvalue weighted by Crippen LogP contribution is -2.31. The highest BCUT2D eigenvalue weighted by Crippen LogP contribution is 2.36. The summed E-state index contributed by atoms with van der Waals surface area (Å²) >= 11 is 3.72. The number of amides is 1. The van der Waals surface area contributed by atoms with Gasteiger partial charge in [-0.3, -0.25) is 4.79 Å². The van der Waals surface area contributed by atoms with E-state index in [9.17, 15) is 4.79 Å². The number of rotatable bonds is 2. The van der Waals surface area contributed by atoms with E-state index >= 15 is 0 Å². The average Bonchev–Trinajstić information content (AvgIpc) is 2.88. The Labute approximate surface area is 126 Å². The molecule has 2 aromatic rings. The van der Waals surface area contributed by atoms with Gasteiger partial charge in [-0.2, -0.15) is 0 Å². The Morgan fingerprint density at radius 2 is 2.05 bits per heavy atom. The maximum atomic E-state index is 11.7. The standard InChI is InChI=1S/C16H16BrNO2/c1-10-7-13(9-20-10)16(17)12-3-5-14-11(8-12)4-6-15(19)18(14)2/h3,5,7-9,16H,4,6H2,1-2H3. The topological polar surface area (TPSA) is 33.5 Å². The lowest BCUT2D eigenvalue weighted by molar-refractivity contribution is -0.118. The van der Waals surface area contributed by atoms with E-state index in [2.05, 4.69) is 28.1 Å². The fourth-order valence-corrected chi connectivity index (χ4v) is 3.15. The Morgan fingerprint density at radius 1 is 1.25 bits per heavy atom. The van der Waals surface area contributed by atoms with Gasteiger partial charge in [0.25, 0.3) is 0 Å². The van der Waals surface area contributed by atoms with Crippen molar-refractivity contribution in [2.75, 3.05) is 11.9 Å². The summed E-state index contributed by atoms with van der Waals surface area (Å²) in [5, 5.41) is 0. The molecular weight excluding hydrogens is 318 g/mol. The second-order valence-corrected chi connectivity index (χ2v) is 6.11. The Kier molecular flexibility index (Phi) is 3.42. The predicted molar refractivity (Wildman–Crippen MR) is 82.4 cm³/mol. The zero-order chi connectivity index (χ0) is 14.3. The molecule has 1 unspecified atom stereocenters. The van der Waals surface area contributed by atoms with Gasteiger partial charge in [-0.15, -0.1) is 0 Å². The van der Waals surface area contributed by atoms with Crippen molar-refractivity contribution in [2.24, 2.45) is 0 Å². The first kappa shape index (κ1) is 13.4. The summed E-state index contributed by atoms with van der Waals surface area (Å²) < 4.78 is 5.37. The number of halogens is 1. The Hall–Kier alpha value is -1.55. The fraction of sp³-hybridized carbons (Fsp3) is 0.312. The smallest absolute Gasteiger partial charge is 0.227 e. The monoisotopic (exact) mass is 333 g/mol. The number of nitrogens with zero attached hydrogens (tertiary/aromatic N) is 1. The van der Waals surface area contributed by atoms with E-state index in [-0.39, 0.29) is 10.7 Å². The molecule has 0 N–H and O–H groups in total. The molecule has 0 saturated heterocycles. The zero-order valence-corrected chi connectivity index (χ0v) is 13.1. The molecule has 1 amide bonds. The zero-order valence-electron chi connectivity index (χ0n) is 11.5. The van der Waals surface area contributed by atoms with Crippen molar-refractivity contribution in [3.63, 3.8) is 0 Å². The Balaban J connectivity index is 1.95. The number of hydrogen-bond donors (Lipinski definition) is 0. The third-order valence-corrected chi connectivity index (χ3v) is 4.84. The molecule has 0 saturated carbocycles. The normalized spacial score (nSPS) is 16.1. The Bertz CT molecular complexity index is 662. The van der Waals surface area contributed by atoms with Crippen LogP contribution >= 0.6 is 15.9 Å². The van der Waals surface area contributed by atoms with Crippen LogP contribution in [0.3, 0.4) is 0 Å². The van der Waals surface area contributed by atoms with Gasteiger partial charge in [0.05, 0.1) is 11.1 Å². The van der Waals surface area contributed by atoms with E-state index in [4.69, 9.17) is 4.42 Å². The number of furan rings is 1. The van der Waals surface area contributed by atoms with Crippen molar-refractivity contribution in [2.45, 2.75) is 24.6 Å². The number of alkyl halides is 1. The van der Waals surface area contributed by atoms with Gasteiger partial charge in [-0.05, 0) is 36.6 Å². The second-order valence-electron chi connectivity index (χ2n) is 5.19. The summed E-state index contributed by atoms with van der Waals surface area (Å²) in [5.74, 6) is 1.10. The van der Waals surface area contributed by atoms with E-state index in [0.29, 0.717) is 6.42 Å². The lowest BCUT2D eigenvalue weighted by atomic mass is 9.97. The number of benzene rings is 1. The molecule has 1 atom stereocenters. The van der Waals surface area contributed by atoms with Crippen LogP contribution < -0.4 is 4.90 Å². The summed E-state index contributed by atoms with van der Waals surface area (Å²) in [6, 6.07) is 8.31. The molecule has 0 bridgehead atoms. The van der Waals surface area contributed by atoms with Crippen LogP contribution in [0.5, 0.6) is 0 Å². The van der Waals surface area contributed by atoms with E-state index in [1.807, 2.05) is 26.1 Å². The summed E-state index contributed by atoms with van der Waals surface area (Å²) in [6.45, 7) is 1.94. The summed E-state index contributed by atoms with van der Waals surface area (Å²) in [7, 11) is 1.84. The average molecular weight is 334 g/mol. The number of hydrogen-bond acceptors (Lipinski definition) is 2. The minimum absolute atomic E-state index is 0.119. The van der Waals surface area contributed by atoms with Crippen LogP contribution in [-0.2, 0) is 11.2 Å². The molecule has 1 aliphatic rings. The number of carbonyl (C=O) groups excluding carboxylic acids is 1. The highest BCUT2D eigenvalue weighted by Gasteiger charge is 2.22. The molecule has 1 aliphatic heterocycles. The van der Waals surface area contributed by atoms with Gasteiger partial charge in [0.2, 0.25) is 5.91 Å². The van der Waals surface area contributed by atoms with Crippen molar-refractivity contribution >= 4 is 27.5 Å². The predicted octanol–water partition coefficient (Wildman–Crippen LogP) is 3.98. The van der Waals surface area contributed by atoms with Crippen LogP contribution in [0.2, 0.25) is 0 Å². The van der Waals surface area contributed by atoms with Gasteiger partial charge in [-0.25, -0.2) is 0 Å². The van der Waals surface area contributed by atoms with Crippen molar-refractivity contribution in [3.8, 4) is 0 Å². The van der Waals surface area contributed by atoms with Crippen molar-refractivity contribution < 1.29 is 9.21 Å². The molecule has 0 fully saturated rings. The van der Waals surface area contributed by atoms with Crippen molar-refractivity contribution in [1.29, 1.82) is 0 Å². The van der Waals surface area contributed by atoms with Crippen LogP contribution in [-0.4, -0.2) is 13.0 Å². The molecule has 0 spiro atoms. The van der Waals surface area contributed by atoms with Gasteiger partial charge >= 0.3 is 0 Å². The first-order valence-corrected chi connectivity index (χ1v) is 7.56. The molecule has 0 aliphatic carbocycles. The molecule has 20 heavy (non-hydrogen) atoms. The molecule has 4 heteroatoms. The molecule has 3 rings (SSSR count). The van der Waals surface area contributed by atoms with Crippen molar-refractivity contribution in [3.05, 3.63) is 53.0 Å². The highest BCUT2D eigenvalue weighted by atomic mass is 79.9.